The van der Waals surface area contributed by atoms with Crippen LogP contribution in [0.5, 0.6) is 0 Å². The lowest BCUT2D eigenvalue weighted by Crippen LogP contribution is -2.09. The van der Waals surface area contributed by atoms with Crippen LogP contribution in [0.15, 0.2) is 96.6 Å². The van der Waals surface area contributed by atoms with Gasteiger partial charge >= 0.3 is 5.97 Å². The minimum atomic E-state index is -1.22. The second-order valence-corrected chi connectivity index (χ2v) is 8.72. The van der Waals surface area contributed by atoms with Gasteiger partial charge in [-0.1, -0.05) is 54.6 Å². The zero-order valence-corrected chi connectivity index (χ0v) is 19.4. The highest BCUT2D eigenvalue weighted by atomic mass is 32.1. The van der Waals surface area contributed by atoms with Crippen LogP contribution in [-0.2, 0) is 4.79 Å². The number of carboxylic acids is 1. The summed E-state index contributed by atoms with van der Waals surface area (Å²) in [5, 5.41) is 18.0. The molecule has 34 heavy (non-hydrogen) atoms. The van der Waals surface area contributed by atoms with E-state index in [0.717, 1.165) is 37.9 Å². The summed E-state index contributed by atoms with van der Waals surface area (Å²) in [4.78, 5) is 15.1. The lowest BCUT2D eigenvalue weighted by molar-refractivity contribution is -0.132. The molecule has 0 saturated carbocycles. The third kappa shape index (κ3) is 5.32. The quantitative estimate of drug-likeness (QED) is 0.226. The molecule has 0 aliphatic heterocycles. The first-order valence-electron chi connectivity index (χ1n) is 10.7. The smallest absolute Gasteiger partial charge is 0.346 e. The van der Waals surface area contributed by atoms with Crippen LogP contribution in [0.1, 0.15) is 20.9 Å². The Morgan fingerprint density at radius 1 is 0.882 bits per heavy atom. The maximum atomic E-state index is 11.1. The van der Waals surface area contributed by atoms with E-state index in [1.54, 1.807) is 6.07 Å². The van der Waals surface area contributed by atoms with Crippen LogP contribution >= 0.6 is 11.3 Å². The van der Waals surface area contributed by atoms with Gasteiger partial charge in [0.1, 0.15) is 11.6 Å². The molecule has 3 aromatic carbocycles. The summed E-state index contributed by atoms with van der Waals surface area (Å²) in [6.07, 6.45) is 5.47. The minimum Gasteiger partial charge on any atom is -0.477 e. The molecule has 0 spiro atoms. The maximum absolute atomic E-state index is 11.1. The van der Waals surface area contributed by atoms with Gasteiger partial charge in [0.25, 0.3) is 0 Å². The lowest BCUT2D eigenvalue weighted by Gasteiger charge is -2.25. The number of para-hydroxylation sites is 2. The molecule has 0 fully saturated rings. The number of carboxylic acid groups (broad SMARTS) is 1. The van der Waals surface area contributed by atoms with Gasteiger partial charge in [0, 0.05) is 26.8 Å². The topological polar surface area (TPSA) is 64.3 Å². The van der Waals surface area contributed by atoms with Gasteiger partial charge in [-0.3, -0.25) is 0 Å². The second-order valence-electron chi connectivity index (χ2n) is 7.60. The Hall–Kier alpha value is -4.40. The number of thiophene rings is 1. The van der Waals surface area contributed by atoms with Gasteiger partial charge in [-0.2, -0.15) is 5.26 Å². The summed E-state index contributed by atoms with van der Waals surface area (Å²) in [5.41, 5.74) is 5.06. The third-order valence-electron chi connectivity index (χ3n) is 5.22. The molecular weight excluding hydrogens is 440 g/mol. The molecule has 0 atom stereocenters. The molecule has 4 aromatic rings. The summed E-state index contributed by atoms with van der Waals surface area (Å²) < 4.78 is 0. The highest BCUT2D eigenvalue weighted by Gasteiger charge is 2.11. The summed E-state index contributed by atoms with van der Waals surface area (Å²) in [6, 6.07) is 32.5. The average Bonchev–Trinajstić information content (AvgIpc) is 3.22. The zero-order valence-electron chi connectivity index (χ0n) is 18.6. The van der Waals surface area contributed by atoms with Crippen molar-refractivity contribution in [2.45, 2.75) is 6.92 Å². The van der Waals surface area contributed by atoms with Crippen molar-refractivity contribution < 1.29 is 9.90 Å². The van der Waals surface area contributed by atoms with E-state index in [9.17, 15) is 4.79 Å². The molecule has 166 valence electrons. The van der Waals surface area contributed by atoms with Crippen LogP contribution in [-0.4, -0.2) is 11.1 Å². The van der Waals surface area contributed by atoms with Gasteiger partial charge < -0.3 is 10.0 Å². The minimum absolute atomic E-state index is 0.270. The molecule has 1 aromatic heterocycles. The van der Waals surface area contributed by atoms with E-state index < -0.39 is 5.97 Å². The van der Waals surface area contributed by atoms with Gasteiger partial charge in [0.2, 0.25) is 0 Å². The Kier molecular flexibility index (Phi) is 7.02. The molecule has 0 bridgehead atoms. The molecule has 0 unspecified atom stereocenters. The Bertz CT molecular complexity index is 1340. The molecule has 1 heterocycles. The molecule has 5 heteroatoms. The largest absolute Gasteiger partial charge is 0.477 e. The number of hydrogen-bond acceptors (Lipinski definition) is 4. The van der Waals surface area contributed by atoms with E-state index >= 15 is 0 Å². The van der Waals surface area contributed by atoms with E-state index in [1.165, 1.54) is 17.4 Å². The predicted octanol–water partition coefficient (Wildman–Crippen LogP) is 7.69. The highest BCUT2D eigenvalue weighted by Crippen LogP contribution is 2.34. The zero-order chi connectivity index (χ0) is 23.9. The number of hydrogen-bond donors (Lipinski definition) is 1. The van der Waals surface area contributed by atoms with Gasteiger partial charge in [0.05, 0.1) is 0 Å². The van der Waals surface area contributed by atoms with E-state index in [1.807, 2.05) is 61.5 Å². The van der Waals surface area contributed by atoms with Crippen molar-refractivity contribution in [1.29, 1.82) is 5.26 Å². The Balaban J connectivity index is 1.58. The number of aryl methyl sites for hydroxylation is 1. The van der Waals surface area contributed by atoms with E-state index in [0.29, 0.717) is 0 Å². The van der Waals surface area contributed by atoms with Crippen molar-refractivity contribution in [2.75, 3.05) is 4.90 Å². The third-order valence-corrected chi connectivity index (χ3v) is 6.37. The number of benzene rings is 3. The van der Waals surface area contributed by atoms with Crippen molar-refractivity contribution in [3.8, 4) is 6.07 Å². The number of nitrogens with zero attached hydrogens (tertiary/aromatic N) is 2. The Morgan fingerprint density at radius 2 is 1.44 bits per heavy atom. The Morgan fingerprint density at radius 3 is 1.97 bits per heavy atom. The van der Waals surface area contributed by atoms with Crippen LogP contribution in [0, 0.1) is 18.3 Å². The first-order chi connectivity index (χ1) is 16.5. The fourth-order valence-electron chi connectivity index (χ4n) is 3.55. The normalized spacial score (nSPS) is 11.4. The van der Waals surface area contributed by atoms with Crippen molar-refractivity contribution in [2.24, 2.45) is 0 Å². The molecule has 0 radical (unpaired) electrons. The van der Waals surface area contributed by atoms with E-state index in [-0.39, 0.29) is 5.57 Å². The number of aliphatic carboxylic acids is 1. The molecule has 1 N–H and O–H groups in total. The van der Waals surface area contributed by atoms with Gasteiger partial charge in [-0.05, 0) is 72.7 Å². The fraction of sp³-hybridized carbons (Fsp3) is 0.0345. The summed E-state index contributed by atoms with van der Waals surface area (Å²) >= 11 is 1.46. The molecule has 0 saturated heterocycles. The number of nitriles is 1. The summed E-state index contributed by atoms with van der Waals surface area (Å²) in [6.45, 7) is 1.97. The highest BCUT2D eigenvalue weighted by molar-refractivity contribution is 7.14. The van der Waals surface area contributed by atoms with Gasteiger partial charge in [-0.25, -0.2) is 4.79 Å². The molecule has 0 amide bonds. The number of anilines is 3. The van der Waals surface area contributed by atoms with Crippen LogP contribution in [0.3, 0.4) is 0 Å². The van der Waals surface area contributed by atoms with E-state index in [2.05, 4.69) is 53.4 Å². The SMILES string of the molecule is Cc1cc(/C=C(/C#N)C(=O)O)sc1/C=C/c1ccc(N(c2ccccc2)c2ccccc2)cc1. The van der Waals surface area contributed by atoms with Crippen molar-refractivity contribution in [3.05, 3.63) is 117 Å². The number of rotatable bonds is 7. The predicted molar refractivity (Wildman–Crippen MR) is 140 cm³/mol. The molecule has 4 rings (SSSR count). The van der Waals surface area contributed by atoms with Gasteiger partial charge in [-0.15, -0.1) is 11.3 Å². The van der Waals surface area contributed by atoms with Crippen molar-refractivity contribution in [3.63, 3.8) is 0 Å². The average molecular weight is 463 g/mol. The van der Waals surface area contributed by atoms with Crippen LogP contribution in [0.25, 0.3) is 18.2 Å². The summed E-state index contributed by atoms with van der Waals surface area (Å²) in [5.74, 6) is -1.22. The first-order valence-corrected chi connectivity index (χ1v) is 11.5. The van der Waals surface area contributed by atoms with Crippen LogP contribution < -0.4 is 4.90 Å². The standard InChI is InChI=1S/C29H22N2O2S/c1-21-18-27(19-23(20-30)29(32)33)34-28(21)17-14-22-12-15-26(16-13-22)31(24-8-4-2-5-9-24)25-10-6-3-7-11-25/h2-19H,1H3,(H,32,33)/b17-14+,23-19-. The van der Waals surface area contributed by atoms with Crippen LogP contribution in [0.4, 0.5) is 17.1 Å². The van der Waals surface area contributed by atoms with Crippen molar-refractivity contribution >= 4 is 52.6 Å². The van der Waals surface area contributed by atoms with Gasteiger partial charge in [0.15, 0.2) is 0 Å². The molecule has 4 nitrogen and oxygen atoms in total. The number of carbonyl (C=O) groups is 1. The monoisotopic (exact) mass is 462 g/mol. The second kappa shape index (κ2) is 10.5. The van der Waals surface area contributed by atoms with E-state index in [4.69, 9.17) is 10.4 Å². The first kappa shape index (κ1) is 22.8. The fourth-order valence-corrected chi connectivity index (χ4v) is 4.57. The van der Waals surface area contributed by atoms with Crippen LogP contribution in [0.2, 0.25) is 0 Å². The maximum Gasteiger partial charge on any atom is 0.346 e. The summed E-state index contributed by atoms with van der Waals surface area (Å²) in [7, 11) is 0. The molecular formula is C29H22N2O2S. The molecule has 0 aliphatic rings. The lowest BCUT2D eigenvalue weighted by atomic mass is 10.1. The molecule has 0 aliphatic carbocycles. The van der Waals surface area contributed by atoms with Crippen molar-refractivity contribution in [1.82, 2.24) is 0 Å². The Labute approximate surface area is 203 Å².